The highest BCUT2D eigenvalue weighted by Crippen LogP contribution is 2.31. The smallest absolute Gasteiger partial charge is 0.129 e. The lowest BCUT2D eigenvalue weighted by Gasteiger charge is -2.35. The van der Waals surface area contributed by atoms with Crippen LogP contribution in [0.2, 0.25) is 0 Å². The highest BCUT2D eigenvalue weighted by atomic mass is 15.0. The van der Waals surface area contributed by atoms with Gasteiger partial charge in [0.15, 0.2) is 0 Å². The van der Waals surface area contributed by atoms with E-state index in [0.717, 1.165) is 23.3 Å². The normalized spacial score (nSPS) is 24.9. The summed E-state index contributed by atoms with van der Waals surface area (Å²) in [6.07, 6.45) is 6.98. The summed E-state index contributed by atoms with van der Waals surface area (Å²) in [5.41, 5.74) is 1.03. The predicted octanol–water partition coefficient (Wildman–Crippen LogP) is 3.41. The molecule has 0 spiro atoms. The molecule has 0 bridgehead atoms. The van der Waals surface area contributed by atoms with Gasteiger partial charge in [0.2, 0.25) is 0 Å². The Balaban J connectivity index is 2.05. The van der Waals surface area contributed by atoms with Gasteiger partial charge in [0, 0.05) is 17.8 Å². The van der Waals surface area contributed by atoms with Crippen LogP contribution in [0.4, 0.5) is 5.82 Å². The fraction of sp³-hybridized carbons (Fsp3) is 0.714. The van der Waals surface area contributed by atoms with Crippen LogP contribution in [0.1, 0.15) is 45.2 Å². The number of nitrogens with one attached hydrogen (secondary N) is 1. The Kier molecular flexibility index (Phi) is 3.97. The van der Waals surface area contributed by atoms with Crippen LogP contribution in [0.3, 0.4) is 0 Å². The maximum absolute atomic E-state index is 4.31. The first-order chi connectivity index (χ1) is 8.16. The van der Waals surface area contributed by atoms with Gasteiger partial charge in [0.05, 0.1) is 0 Å². The van der Waals surface area contributed by atoms with Crippen molar-refractivity contribution < 1.29 is 0 Å². The van der Waals surface area contributed by atoms with Crippen LogP contribution in [0.25, 0.3) is 0 Å². The molecule has 1 aliphatic rings. The summed E-state index contributed by atoms with van der Waals surface area (Å²) in [7, 11) is 0. The maximum Gasteiger partial charge on any atom is 0.129 e. The van der Waals surface area contributed by atoms with Crippen LogP contribution in [0.5, 0.6) is 0 Å². The molecule has 1 fully saturated rings. The largest absolute Gasteiger partial charge is 0.367 e. The van der Waals surface area contributed by atoms with Crippen molar-refractivity contribution in [2.75, 3.05) is 5.32 Å². The third kappa shape index (κ3) is 3.18. The molecular weight excluding hydrogens is 210 g/mol. The lowest BCUT2D eigenvalue weighted by Crippen LogP contribution is -2.35. The first-order valence-electron chi connectivity index (χ1n) is 6.72. The van der Waals surface area contributed by atoms with Gasteiger partial charge < -0.3 is 5.32 Å². The molecule has 1 aromatic rings. The van der Waals surface area contributed by atoms with Gasteiger partial charge in [-0.05, 0) is 31.6 Å². The highest BCUT2D eigenvalue weighted by molar-refractivity contribution is 5.36. The highest BCUT2D eigenvalue weighted by Gasteiger charge is 2.27. The number of hydrogen-bond donors (Lipinski definition) is 1. The lowest BCUT2D eigenvalue weighted by molar-refractivity contribution is 0.253. The zero-order chi connectivity index (χ0) is 12.3. The van der Waals surface area contributed by atoms with E-state index in [1.54, 1.807) is 6.33 Å². The number of nitrogens with zero attached hydrogens (tertiary/aromatic N) is 2. The van der Waals surface area contributed by atoms with Crippen LogP contribution in [-0.4, -0.2) is 16.0 Å². The van der Waals surface area contributed by atoms with Crippen molar-refractivity contribution in [1.82, 2.24) is 9.97 Å². The van der Waals surface area contributed by atoms with E-state index in [-0.39, 0.29) is 0 Å². The van der Waals surface area contributed by atoms with E-state index in [4.69, 9.17) is 0 Å². The summed E-state index contributed by atoms with van der Waals surface area (Å²) in [6.45, 7) is 6.67. The molecule has 1 aromatic heterocycles. The Hall–Kier alpha value is -1.12. The predicted molar refractivity (Wildman–Crippen MR) is 71.0 cm³/mol. The third-order valence-electron chi connectivity index (χ3n) is 3.81. The quantitative estimate of drug-likeness (QED) is 0.869. The molecule has 0 radical (unpaired) electrons. The molecule has 3 heteroatoms. The van der Waals surface area contributed by atoms with E-state index in [1.165, 1.54) is 25.7 Å². The number of rotatable bonds is 3. The van der Waals surface area contributed by atoms with Crippen LogP contribution in [0.15, 0.2) is 12.4 Å². The second-order valence-corrected chi connectivity index (χ2v) is 5.49. The Morgan fingerprint density at radius 1 is 1.24 bits per heavy atom. The van der Waals surface area contributed by atoms with Crippen LogP contribution in [0, 0.1) is 18.8 Å². The van der Waals surface area contributed by atoms with Crippen molar-refractivity contribution in [2.45, 2.75) is 52.5 Å². The Morgan fingerprint density at radius 2 is 2.00 bits per heavy atom. The van der Waals surface area contributed by atoms with Gasteiger partial charge in [-0.2, -0.15) is 0 Å². The zero-order valence-electron chi connectivity index (χ0n) is 11.1. The van der Waals surface area contributed by atoms with Crippen molar-refractivity contribution in [1.29, 1.82) is 0 Å². The average molecular weight is 233 g/mol. The Morgan fingerprint density at radius 3 is 2.71 bits per heavy atom. The van der Waals surface area contributed by atoms with Gasteiger partial charge in [-0.15, -0.1) is 0 Å². The molecule has 94 valence electrons. The molecule has 2 rings (SSSR count). The van der Waals surface area contributed by atoms with E-state index in [1.807, 2.05) is 13.0 Å². The first-order valence-corrected chi connectivity index (χ1v) is 6.72. The minimum atomic E-state index is 0.582. The van der Waals surface area contributed by atoms with Gasteiger partial charge in [0.1, 0.15) is 12.1 Å². The summed E-state index contributed by atoms with van der Waals surface area (Å²) in [5, 5.41) is 3.60. The molecular formula is C14H23N3. The van der Waals surface area contributed by atoms with Crippen molar-refractivity contribution in [3.63, 3.8) is 0 Å². The molecule has 0 saturated heterocycles. The molecule has 1 N–H and O–H groups in total. The molecule has 0 aliphatic heterocycles. The Bertz CT molecular complexity index is 362. The van der Waals surface area contributed by atoms with Crippen LogP contribution < -0.4 is 5.32 Å². The molecule has 0 amide bonds. The van der Waals surface area contributed by atoms with Gasteiger partial charge in [0.25, 0.3) is 0 Å². The van der Waals surface area contributed by atoms with Crippen molar-refractivity contribution in [3.8, 4) is 0 Å². The topological polar surface area (TPSA) is 37.8 Å². The SMILES string of the molecule is Cc1cc(NC2CCCCC2C(C)C)ncn1. The van der Waals surface area contributed by atoms with E-state index in [0.29, 0.717) is 6.04 Å². The van der Waals surface area contributed by atoms with E-state index in [9.17, 15) is 0 Å². The Labute approximate surface area is 104 Å². The second kappa shape index (κ2) is 5.48. The van der Waals surface area contributed by atoms with Gasteiger partial charge in [-0.1, -0.05) is 26.7 Å². The molecule has 3 nitrogen and oxygen atoms in total. The van der Waals surface area contributed by atoms with Crippen molar-refractivity contribution >= 4 is 5.82 Å². The molecule has 2 unspecified atom stereocenters. The van der Waals surface area contributed by atoms with Crippen molar-refractivity contribution in [3.05, 3.63) is 18.1 Å². The monoisotopic (exact) mass is 233 g/mol. The molecule has 17 heavy (non-hydrogen) atoms. The van der Waals surface area contributed by atoms with Crippen molar-refractivity contribution in [2.24, 2.45) is 11.8 Å². The van der Waals surface area contributed by atoms with Gasteiger partial charge in [-0.25, -0.2) is 9.97 Å². The van der Waals surface area contributed by atoms with Crippen LogP contribution >= 0.6 is 0 Å². The molecule has 1 saturated carbocycles. The zero-order valence-corrected chi connectivity index (χ0v) is 11.1. The number of aryl methyl sites for hydroxylation is 1. The minimum Gasteiger partial charge on any atom is -0.367 e. The molecule has 1 heterocycles. The van der Waals surface area contributed by atoms with Crippen LogP contribution in [-0.2, 0) is 0 Å². The summed E-state index contributed by atoms with van der Waals surface area (Å²) in [4.78, 5) is 8.44. The fourth-order valence-corrected chi connectivity index (χ4v) is 2.86. The molecule has 2 atom stereocenters. The number of anilines is 1. The van der Waals surface area contributed by atoms with Gasteiger partial charge >= 0.3 is 0 Å². The number of aromatic nitrogens is 2. The first kappa shape index (κ1) is 12.3. The molecule has 1 aliphatic carbocycles. The minimum absolute atomic E-state index is 0.582. The van der Waals surface area contributed by atoms with Gasteiger partial charge in [-0.3, -0.25) is 0 Å². The van der Waals surface area contributed by atoms with E-state index >= 15 is 0 Å². The summed E-state index contributed by atoms with van der Waals surface area (Å²) in [5.74, 6) is 2.50. The fourth-order valence-electron chi connectivity index (χ4n) is 2.86. The second-order valence-electron chi connectivity index (χ2n) is 5.49. The number of hydrogen-bond acceptors (Lipinski definition) is 3. The van der Waals surface area contributed by atoms with E-state index in [2.05, 4.69) is 29.1 Å². The van der Waals surface area contributed by atoms with E-state index < -0.39 is 0 Å². The lowest BCUT2D eigenvalue weighted by atomic mass is 9.78. The molecule has 0 aromatic carbocycles. The third-order valence-corrected chi connectivity index (χ3v) is 3.81. The maximum atomic E-state index is 4.31. The summed E-state index contributed by atoms with van der Waals surface area (Å²) >= 11 is 0. The standard InChI is InChI=1S/C14H23N3/c1-10(2)12-6-4-5-7-13(12)17-14-8-11(3)15-9-16-14/h8-10,12-13H,4-7H2,1-3H3,(H,15,16,17). The summed E-state index contributed by atoms with van der Waals surface area (Å²) < 4.78 is 0. The average Bonchev–Trinajstić information content (AvgIpc) is 2.29. The summed E-state index contributed by atoms with van der Waals surface area (Å²) in [6, 6.07) is 2.62.